The molecule has 0 atom stereocenters. The van der Waals surface area contributed by atoms with Crippen LogP contribution in [0.3, 0.4) is 0 Å². The van der Waals surface area contributed by atoms with Crippen molar-refractivity contribution in [2.45, 2.75) is 32.9 Å². The molecule has 26 heavy (non-hydrogen) atoms. The van der Waals surface area contributed by atoms with Gasteiger partial charge in [0.05, 0.1) is 23.5 Å². The maximum absolute atomic E-state index is 12.1. The van der Waals surface area contributed by atoms with E-state index in [1.165, 1.54) is 18.5 Å². The summed E-state index contributed by atoms with van der Waals surface area (Å²) in [5.41, 5.74) is 0.988. The number of halogens is 1. The summed E-state index contributed by atoms with van der Waals surface area (Å²) < 4.78 is 15.8. The van der Waals surface area contributed by atoms with Gasteiger partial charge in [-0.1, -0.05) is 35.8 Å². The van der Waals surface area contributed by atoms with Crippen molar-refractivity contribution in [3.05, 3.63) is 58.5 Å². The summed E-state index contributed by atoms with van der Waals surface area (Å²) in [6.07, 6.45) is 3.03. The molecule has 3 rings (SSSR count). The Kier molecular flexibility index (Phi) is 5.52. The summed E-state index contributed by atoms with van der Waals surface area (Å²) in [6, 6.07) is 4.95. The highest BCUT2D eigenvalue weighted by Gasteiger charge is 2.14. The number of nitrogens with one attached hydrogen (secondary N) is 1. The Morgan fingerprint density at radius 1 is 1.19 bits per heavy atom. The van der Waals surface area contributed by atoms with Gasteiger partial charge in [-0.2, -0.15) is 0 Å². The molecule has 8 nitrogen and oxygen atoms in total. The van der Waals surface area contributed by atoms with Gasteiger partial charge >= 0.3 is 0 Å². The number of pyridine rings is 1. The normalized spacial score (nSPS) is 10.9. The van der Waals surface area contributed by atoms with E-state index < -0.39 is 0 Å². The average Bonchev–Trinajstić information content (AvgIpc) is 3.27. The highest BCUT2D eigenvalue weighted by molar-refractivity contribution is 6.30. The third-order valence-electron chi connectivity index (χ3n) is 3.44. The summed E-state index contributed by atoms with van der Waals surface area (Å²) >= 11 is 5.83. The zero-order chi connectivity index (χ0) is 18.5. The van der Waals surface area contributed by atoms with Crippen molar-refractivity contribution in [1.29, 1.82) is 0 Å². The molecule has 3 aromatic rings. The van der Waals surface area contributed by atoms with Crippen LogP contribution in [0.1, 0.15) is 47.5 Å². The molecule has 0 aromatic carbocycles. The number of amides is 1. The van der Waals surface area contributed by atoms with Gasteiger partial charge in [0, 0.05) is 24.4 Å². The first-order valence-electron chi connectivity index (χ1n) is 7.94. The zero-order valence-electron chi connectivity index (χ0n) is 14.2. The van der Waals surface area contributed by atoms with Crippen LogP contribution in [0.25, 0.3) is 0 Å². The van der Waals surface area contributed by atoms with Gasteiger partial charge in [0.2, 0.25) is 0 Å². The molecule has 0 fully saturated rings. The summed E-state index contributed by atoms with van der Waals surface area (Å²) in [6.45, 7) is 4.34. The van der Waals surface area contributed by atoms with Crippen molar-refractivity contribution in [1.82, 2.24) is 20.6 Å². The van der Waals surface area contributed by atoms with Crippen molar-refractivity contribution >= 4 is 17.5 Å². The minimum atomic E-state index is -0.382. The standard InChI is InChI=1S/C17H17ClN4O4/c1-10(2)15-4-13(25-21-15)8-20-17(23)16-5-14(26-22-16)9-24-12-3-11(18)6-19-7-12/h3-7,10H,8-9H2,1-2H3,(H,20,23). The second-order valence-electron chi connectivity index (χ2n) is 5.86. The van der Waals surface area contributed by atoms with Crippen LogP contribution in [0.15, 0.2) is 39.6 Å². The molecule has 0 saturated heterocycles. The Morgan fingerprint density at radius 3 is 2.73 bits per heavy atom. The predicted molar refractivity (Wildman–Crippen MR) is 91.8 cm³/mol. The number of carbonyl (C=O) groups is 1. The first-order valence-corrected chi connectivity index (χ1v) is 8.31. The van der Waals surface area contributed by atoms with Crippen LogP contribution < -0.4 is 10.1 Å². The quantitative estimate of drug-likeness (QED) is 0.674. The minimum absolute atomic E-state index is 0.0994. The van der Waals surface area contributed by atoms with Gasteiger partial charge in [-0.3, -0.25) is 9.78 Å². The molecule has 9 heteroatoms. The largest absolute Gasteiger partial charge is 0.484 e. The van der Waals surface area contributed by atoms with Crippen LogP contribution >= 0.6 is 11.6 Å². The second kappa shape index (κ2) is 8.01. The molecule has 3 heterocycles. The third kappa shape index (κ3) is 4.60. The van der Waals surface area contributed by atoms with Gasteiger partial charge in [0.25, 0.3) is 5.91 Å². The Balaban J connectivity index is 1.52. The zero-order valence-corrected chi connectivity index (χ0v) is 15.0. The van der Waals surface area contributed by atoms with E-state index in [9.17, 15) is 4.79 Å². The van der Waals surface area contributed by atoms with E-state index in [1.807, 2.05) is 19.9 Å². The molecule has 136 valence electrons. The minimum Gasteiger partial charge on any atom is -0.484 e. The van der Waals surface area contributed by atoms with Gasteiger partial charge in [0.1, 0.15) is 12.4 Å². The number of ether oxygens (including phenoxy) is 1. The van der Waals surface area contributed by atoms with Crippen LogP contribution in [-0.4, -0.2) is 21.2 Å². The van der Waals surface area contributed by atoms with E-state index >= 15 is 0 Å². The molecule has 3 aromatic heterocycles. The van der Waals surface area contributed by atoms with Crippen molar-refractivity contribution < 1.29 is 18.6 Å². The lowest BCUT2D eigenvalue weighted by Gasteiger charge is -2.02. The van der Waals surface area contributed by atoms with Crippen LogP contribution in [0.5, 0.6) is 5.75 Å². The summed E-state index contributed by atoms with van der Waals surface area (Å²) in [5.74, 6) is 1.34. The van der Waals surface area contributed by atoms with Crippen LogP contribution in [0.4, 0.5) is 0 Å². The first-order chi connectivity index (χ1) is 12.5. The van der Waals surface area contributed by atoms with Gasteiger partial charge in [-0.25, -0.2) is 0 Å². The number of rotatable bonds is 7. The average molecular weight is 377 g/mol. The monoisotopic (exact) mass is 376 g/mol. The molecule has 0 aliphatic carbocycles. The Labute approximate surface area is 154 Å². The van der Waals surface area contributed by atoms with E-state index in [-0.39, 0.29) is 30.7 Å². The molecule has 0 aliphatic rings. The van der Waals surface area contributed by atoms with Gasteiger partial charge in [-0.15, -0.1) is 0 Å². The van der Waals surface area contributed by atoms with E-state index in [0.29, 0.717) is 22.3 Å². The second-order valence-corrected chi connectivity index (χ2v) is 6.30. The van der Waals surface area contributed by atoms with Gasteiger partial charge in [-0.05, 0) is 5.92 Å². The molecular weight excluding hydrogens is 360 g/mol. The van der Waals surface area contributed by atoms with Gasteiger partial charge in [0.15, 0.2) is 17.2 Å². The van der Waals surface area contributed by atoms with Crippen LogP contribution in [-0.2, 0) is 13.2 Å². The van der Waals surface area contributed by atoms with E-state index in [1.54, 1.807) is 6.07 Å². The smallest absolute Gasteiger partial charge is 0.273 e. The number of nitrogens with zero attached hydrogens (tertiary/aromatic N) is 3. The van der Waals surface area contributed by atoms with Crippen molar-refractivity contribution in [2.75, 3.05) is 0 Å². The van der Waals surface area contributed by atoms with E-state index in [0.717, 1.165) is 5.69 Å². The van der Waals surface area contributed by atoms with Crippen molar-refractivity contribution in [3.63, 3.8) is 0 Å². The van der Waals surface area contributed by atoms with Crippen LogP contribution in [0, 0.1) is 0 Å². The van der Waals surface area contributed by atoms with E-state index in [2.05, 4.69) is 20.6 Å². The molecule has 0 bridgehead atoms. The summed E-state index contributed by atoms with van der Waals surface area (Å²) in [5, 5.41) is 10.8. The maximum Gasteiger partial charge on any atom is 0.273 e. The Bertz CT molecular complexity index is 890. The van der Waals surface area contributed by atoms with E-state index in [4.69, 9.17) is 25.4 Å². The SMILES string of the molecule is CC(C)c1cc(CNC(=O)c2cc(COc3cncc(Cl)c3)on2)on1. The lowest BCUT2D eigenvalue weighted by molar-refractivity contribution is 0.0937. The Morgan fingerprint density at radius 2 is 2.00 bits per heavy atom. The molecule has 0 aliphatic heterocycles. The lowest BCUT2D eigenvalue weighted by Crippen LogP contribution is -2.22. The van der Waals surface area contributed by atoms with Crippen LogP contribution in [0.2, 0.25) is 5.02 Å². The third-order valence-corrected chi connectivity index (χ3v) is 3.65. The fourth-order valence-electron chi connectivity index (χ4n) is 2.06. The number of hydrogen-bond acceptors (Lipinski definition) is 7. The molecule has 0 spiro atoms. The highest BCUT2D eigenvalue weighted by atomic mass is 35.5. The topological polar surface area (TPSA) is 103 Å². The number of hydrogen-bond donors (Lipinski definition) is 1. The molecule has 0 unspecified atom stereocenters. The maximum atomic E-state index is 12.1. The Hall–Kier alpha value is -2.87. The first kappa shape index (κ1) is 17.9. The van der Waals surface area contributed by atoms with Crippen molar-refractivity contribution in [3.8, 4) is 5.75 Å². The molecule has 0 saturated carbocycles. The number of carbonyl (C=O) groups excluding carboxylic acids is 1. The fraction of sp³-hybridized carbons (Fsp3) is 0.294. The molecular formula is C17H17ClN4O4. The molecule has 0 radical (unpaired) electrons. The highest BCUT2D eigenvalue weighted by Crippen LogP contribution is 2.17. The fourth-order valence-corrected chi connectivity index (χ4v) is 2.22. The summed E-state index contributed by atoms with van der Waals surface area (Å²) in [7, 11) is 0. The lowest BCUT2D eigenvalue weighted by atomic mass is 10.1. The molecule has 1 amide bonds. The van der Waals surface area contributed by atoms with Crippen molar-refractivity contribution in [2.24, 2.45) is 0 Å². The molecule has 1 N–H and O–H groups in total. The van der Waals surface area contributed by atoms with Gasteiger partial charge < -0.3 is 19.1 Å². The number of aromatic nitrogens is 3. The summed E-state index contributed by atoms with van der Waals surface area (Å²) in [4.78, 5) is 16.0. The predicted octanol–water partition coefficient (Wildman–Crippen LogP) is 3.34.